The zero-order valence-electron chi connectivity index (χ0n) is 20.9. The van der Waals surface area contributed by atoms with E-state index in [4.69, 9.17) is 23.2 Å². The highest BCUT2D eigenvalue weighted by Gasteiger charge is 2.71. The number of likely N-dealkylation sites (tertiary alicyclic amines) is 1. The highest BCUT2D eigenvalue weighted by molar-refractivity contribution is 6.42. The van der Waals surface area contributed by atoms with E-state index >= 15 is 0 Å². The number of nitrogens with one attached hydrogen (secondary N) is 1. The minimum atomic E-state index is -5.69. The Morgan fingerprint density at radius 1 is 0.925 bits per heavy atom. The highest BCUT2D eigenvalue weighted by atomic mass is 35.5. The molecule has 3 nitrogen and oxygen atoms in total. The Morgan fingerprint density at radius 2 is 1.52 bits per heavy atom. The molecule has 5 rings (SSSR count). The molecule has 1 aliphatic heterocycles. The number of piperidine rings is 1. The quantitative estimate of drug-likeness (QED) is 0.237. The van der Waals surface area contributed by atoms with E-state index in [1.165, 1.54) is 13.8 Å². The Balaban J connectivity index is 1.46. The van der Waals surface area contributed by atoms with Gasteiger partial charge in [-0.2, -0.15) is 13.2 Å². The zero-order chi connectivity index (χ0) is 29.4. The Kier molecular flexibility index (Phi) is 6.91. The van der Waals surface area contributed by atoms with Crippen molar-refractivity contribution in [2.24, 2.45) is 5.92 Å². The fourth-order valence-electron chi connectivity index (χ4n) is 5.91. The van der Waals surface area contributed by atoms with Crippen LogP contribution in [0, 0.1) is 29.2 Å². The van der Waals surface area contributed by atoms with Crippen LogP contribution in [0.2, 0.25) is 10.0 Å². The molecule has 2 aliphatic rings. The van der Waals surface area contributed by atoms with Crippen LogP contribution in [0.3, 0.4) is 0 Å². The fourth-order valence-corrected chi connectivity index (χ4v) is 6.21. The first-order valence-corrected chi connectivity index (χ1v) is 12.9. The van der Waals surface area contributed by atoms with Gasteiger partial charge in [-0.15, -0.1) is 0 Å². The molecule has 12 heteroatoms. The molecule has 0 spiro atoms. The average molecular weight is 605 g/mol. The number of hydrogen-bond donors (Lipinski definition) is 1. The van der Waals surface area contributed by atoms with Gasteiger partial charge >= 0.3 is 6.18 Å². The molecule has 1 saturated carbocycles. The summed E-state index contributed by atoms with van der Waals surface area (Å²) in [5.74, 6) is -11.0. The van der Waals surface area contributed by atoms with Gasteiger partial charge in [0.2, 0.25) is 5.91 Å². The first-order chi connectivity index (χ1) is 18.6. The number of benzene rings is 3. The fraction of sp³-hybridized carbons (Fsp3) is 0.321. The van der Waals surface area contributed by atoms with E-state index in [0.29, 0.717) is 23.1 Å². The largest absolute Gasteiger partial charge is 0.422 e. The second-order valence-corrected chi connectivity index (χ2v) is 11.4. The minimum absolute atomic E-state index is 0.00801. The Labute approximate surface area is 234 Å². The van der Waals surface area contributed by atoms with Gasteiger partial charge in [-0.1, -0.05) is 59.6 Å². The predicted octanol–water partition coefficient (Wildman–Crippen LogP) is 7.95. The lowest BCUT2D eigenvalue weighted by Crippen LogP contribution is -2.53. The van der Waals surface area contributed by atoms with Crippen LogP contribution in [0.5, 0.6) is 0 Å². The monoisotopic (exact) mass is 604 g/mol. The number of halogens is 9. The van der Waals surface area contributed by atoms with Crippen molar-refractivity contribution in [1.82, 2.24) is 4.90 Å². The summed E-state index contributed by atoms with van der Waals surface area (Å²) in [6.45, 7) is 3.55. The van der Waals surface area contributed by atoms with Crippen molar-refractivity contribution >= 4 is 34.8 Å². The first kappa shape index (κ1) is 28.7. The summed E-state index contributed by atoms with van der Waals surface area (Å²) in [5, 5.41) is 2.49. The predicted molar refractivity (Wildman–Crippen MR) is 136 cm³/mol. The Bertz CT molecular complexity index is 1480. The van der Waals surface area contributed by atoms with Crippen LogP contribution >= 0.6 is 23.2 Å². The maximum atomic E-state index is 14.5. The topological polar surface area (TPSA) is 32.3 Å². The van der Waals surface area contributed by atoms with E-state index in [0.717, 1.165) is 11.1 Å². The number of nitrogens with zero attached hydrogens (tertiary/aromatic N) is 1. The lowest BCUT2D eigenvalue weighted by atomic mass is 9.89. The van der Waals surface area contributed by atoms with Crippen LogP contribution in [0.4, 0.5) is 36.4 Å². The number of rotatable bonds is 5. The van der Waals surface area contributed by atoms with Gasteiger partial charge in [0.15, 0.2) is 23.3 Å². The lowest BCUT2D eigenvalue weighted by molar-refractivity contribution is -0.143. The van der Waals surface area contributed by atoms with E-state index in [9.17, 15) is 35.5 Å². The summed E-state index contributed by atoms with van der Waals surface area (Å²) in [6.07, 6.45) is -5.69. The van der Waals surface area contributed by atoms with Crippen LogP contribution in [0.15, 0.2) is 48.5 Å². The number of alkyl halides is 3. The van der Waals surface area contributed by atoms with E-state index in [2.05, 4.69) is 0 Å². The van der Waals surface area contributed by atoms with Crippen molar-refractivity contribution in [1.29, 1.82) is 0 Å². The maximum Gasteiger partial charge on any atom is 0.422 e. The summed E-state index contributed by atoms with van der Waals surface area (Å²) in [7, 11) is 0. The van der Waals surface area contributed by atoms with Gasteiger partial charge < -0.3 is 5.32 Å². The SMILES string of the molecule is CC(C)(C(=O)Nc1c(F)c(F)c(C(F)(F)F)c(F)c1F)N1CC2C(c3ccccc3)C2(c2ccc(Cl)c(Cl)c2)C1. The molecule has 3 aromatic carbocycles. The Morgan fingerprint density at radius 3 is 2.08 bits per heavy atom. The van der Waals surface area contributed by atoms with E-state index in [1.54, 1.807) is 22.3 Å². The molecule has 40 heavy (non-hydrogen) atoms. The summed E-state index contributed by atoms with van der Waals surface area (Å²) in [6, 6.07) is 15.0. The molecule has 1 heterocycles. The van der Waals surface area contributed by atoms with Crippen LogP contribution < -0.4 is 5.32 Å². The third kappa shape index (κ3) is 4.35. The molecule has 1 aliphatic carbocycles. The summed E-state index contributed by atoms with van der Waals surface area (Å²) < 4.78 is 96.1. The summed E-state index contributed by atoms with van der Waals surface area (Å²) >= 11 is 12.4. The van der Waals surface area contributed by atoms with Crippen LogP contribution in [0.25, 0.3) is 0 Å². The molecule has 0 bridgehead atoms. The van der Waals surface area contributed by atoms with Crippen molar-refractivity contribution in [3.8, 4) is 0 Å². The maximum absolute atomic E-state index is 14.5. The molecule has 0 radical (unpaired) electrons. The van der Waals surface area contributed by atoms with Crippen molar-refractivity contribution < 1.29 is 35.5 Å². The number of hydrogen-bond acceptors (Lipinski definition) is 2. The van der Waals surface area contributed by atoms with Crippen molar-refractivity contribution in [3.63, 3.8) is 0 Å². The highest BCUT2D eigenvalue weighted by Crippen LogP contribution is 2.70. The summed E-state index contributed by atoms with van der Waals surface area (Å²) in [5.41, 5.74) is -4.38. The van der Waals surface area contributed by atoms with E-state index in [1.807, 2.05) is 36.4 Å². The molecule has 3 aromatic rings. The summed E-state index contributed by atoms with van der Waals surface area (Å²) in [4.78, 5) is 15.0. The standard InChI is InChI=1S/C28H21Cl2F7N2O/c1-26(2,25(40)38-24-22(33)20(31)19(28(35,36)37)21(32)23(24)34)39-11-15-18(13-6-4-3-5-7-13)27(15,12-39)14-8-9-16(29)17(30)10-14/h3-10,15,18H,11-12H2,1-2H3,(H,38,40). The molecule has 212 valence electrons. The molecule has 1 N–H and O–H groups in total. The van der Waals surface area contributed by atoms with Gasteiger partial charge in [0.1, 0.15) is 11.3 Å². The molecule has 1 saturated heterocycles. The molecule has 3 atom stereocenters. The van der Waals surface area contributed by atoms with Crippen LogP contribution in [0.1, 0.15) is 36.5 Å². The van der Waals surface area contributed by atoms with Crippen LogP contribution in [-0.2, 0) is 16.4 Å². The second-order valence-electron chi connectivity index (χ2n) is 10.6. The molecule has 2 fully saturated rings. The third-order valence-corrected chi connectivity index (χ3v) is 8.87. The van der Waals surface area contributed by atoms with Gasteiger partial charge in [-0.25, -0.2) is 17.6 Å². The van der Waals surface area contributed by atoms with Crippen molar-refractivity contribution in [2.45, 2.75) is 36.9 Å². The van der Waals surface area contributed by atoms with Gasteiger partial charge in [-0.05, 0) is 43.0 Å². The molecule has 1 amide bonds. The van der Waals surface area contributed by atoms with Gasteiger partial charge in [0.25, 0.3) is 0 Å². The smallest absolute Gasteiger partial charge is 0.319 e. The lowest BCUT2D eigenvalue weighted by Gasteiger charge is -2.37. The number of fused-ring (bicyclic) bond motifs is 1. The molecular formula is C28H21Cl2F7N2O. The second kappa shape index (κ2) is 9.63. The molecule has 0 aromatic heterocycles. The number of amides is 1. The van der Waals surface area contributed by atoms with E-state index < -0.39 is 57.6 Å². The molecular weight excluding hydrogens is 584 g/mol. The number of carbonyl (C=O) groups is 1. The average Bonchev–Trinajstić information content (AvgIpc) is 3.34. The number of anilines is 1. The zero-order valence-corrected chi connectivity index (χ0v) is 22.5. The van der Waals surface area contributed by atoms with Crippen molar-refractivity contribution in [2.75, 3.05) is 18.4 Å². The number of carbonyl (C=O) groups excluding carboxylic acids is 1. The molecule has 3 unspecified atom stereocenters. The Hall–Kier alpha value is -2.82. The van der Waals surface area contributed by atoms with Gasteiger partial charge in [0.05, 0.1) is 15.6 Å². The van der Waals surface area contributed by atoms with Gasteiger partial charge in [-0.3, -0.25) is 9.69 Å². The normalized spacial score (nSPS) is 22.8. The van der Waals surface area contributed by atoms with Gasteiger partial charge in [0, 0.05) is 24.4 Å². The minimum Gasteiger partial charge on any atom is -0.319 e. The van der Waals surface area contributed by atoms with Crippen LogP contribution in [-0.4, -0.2) is 29.4 Å². The van der Waals surface area contributed by atoms with E-state index in [-0.39, 0.29) is 11.8 Å². The van der Waals surface area contributed by atoms with Crippen molar-refractivity contribution in [3.05, 3.63) is 98.5 Å². The first-order valence-electron chi connectivity index (χ1n) is 12.1. The third-order valence-electron chi connectivity index (χ3n) is 8.13.